The average molecular weight is 278 g/mol. The summed E-state index contributed by atoms with van der Waals surface area (Å²) in [4.78, 5) is 22.8. The summed E-state index contributed by atoms with van der Waals surface area (Å²) in [5, 5.41) is 15.3. The Balaban J connectivity index is 2.34. The van der Waals surface area contributed by atoms with Gasteiger partial charge in [0.2, 0.25) is 11.8 Å². The van der Waals surface area contributed by atoms with Crippen LogP contribution < -0.4 is 10.6 Å². The summed E-state index contributed by atoms with van der Waals surface area (Å²) in [5.41, 5.74) is 1.79. The Hall–Kier alpha value is -1.88. The fourth-order valence-corrected chi connectivity index (χ4v) is 1.88. The molecule has 0 saturated heterocycles. The number of rotatable bonds is 7. The van der Waals surface area contributed by atoms with Gasteiger partial charge >= 0.3 is 0 Å². The Kier molecular flexibility index (Phi) is 6.73. The third-order valence-corrected chi connectivity index (χ3v) is 2.99. The number of aryl methyl sites for hydroxylation is 1. The van der Waals surface area contributed by atoms with Crippen LogP contribution in [0.15, 0.2) is 24.3 Å². The molecule has 0 aromatic heterocycles. The van der Waals surface area contributed by atoms with E-state index in [9.17, 15) is 14.7 Å². The molecule has 3 N–H and O–H groups in total. The van der Waals surface area contributed by atoms with Gasteiger partial charge < -0.3 is 15.7 Å². The number of aliphatic hydroxyl groups excluding tert-OH is 1. The highest BCUT2D eigenvalue weighted by Gasteiger charge is 2.12. The number of amides is 2. The lowest BCUT2D eigenvalue weighted by molar-refractivity contribution is -0.126. The molecule has 1 atom stereocenters. The molecule has 1 unspecified atom stereocenters. The molecule has 1 rings (SSSR count). The summed E-state index contributed by atoms with van der Waals surface area (Å²) in [6.07, 6.45) is -0.434. The zero-order valence-electron chi connectivity index (χ0n) is 12.0. The number of carbonyl (C=O) groups excluding carboxylic acids is 2. The Morgan fingerprint density at radius 2 is 1.75 bits per heavy atom. The summed E-state index contributed by atoms with van der Waals surface area (Å²) in [5.74, 6) is -0.369. The minimum absolute atomic E-state index is 0.131. The standard InChI is InChI=1S/C15H22N2O3/c1-3-16-14(19)8-9-15(20)17-10-13(18)12-7-5-4-6-11(12)2/h4-7,13,18H,3,8-10H2,1-2H3,(H,16,19)(H,17,20). The quantitative estimate of drug-likeness (QED) is 0.698. The second kappa shape index (κ2) is 8.32. The lowest BCUT2D eigenvalue weighted by atomic mass is 10.0. The summed E-state index contributed by atoms with van der Waals surface area (Å²) in [6, 6.07) is 7.50. The molecule has 0 heterocycles. The van der Waals surface area contributed by atoms with Crippen LogP contribution in [0.1, 0.15) is 37.0 Å². The molecular weight excluding hydrogens is 256 g/mol. The van der Waals surface area contributed by atoms with Crippen molar-refractivity contribution in [2.75, 3.05) is 13.1 Å². The van der Waals surface area contributed by atoms with Gasteiger partial charge in [0.15, 0.2) is 0 Å². The first-order valence-electron chi connectivity index (χ1n) is 6.81. The average Bonchev–Trinajstić information content (AvgIpc) is 2.43. The van der Waals surface area contributed by atoms with Gasteiger partial charge in [0.25, 0.3) is 0 Å². The van der Waals surface area contributed by atoms with E-state index in [1.807, 2.05) is 38.1 Å². The molecule has 0 aliphatic carbocycles. The van der Waals surface area contributed by atoms with Crippen LogP contribution in [-0.2, 0) is 9.59 Å². The van der Waals surface area contributed by atoms with E-state index in [4.69, 9.17) is 0 Å². The van der Waals surface area contributed by atoms with Crippen LogP contribution in [-0.4, -0.2) is 30.0 Å². The number of hydrogen-bond acceptors (Lipinski definition) is 3. The molecule has 110 valence electrons. The highest BCUT2D eigenvalue weighted by molar-refractivity contribution is 5.83. The van der Waals surface area contributed by atoms with Gasteiger partial charge in [-0.2, -0.15) is 0 Å². The zero-order chi connectivity index (χ0) is 15.0. The normalized spacial score (nSPS) is 11.8. The van der Waals surface area contributed by atoms with Crippen molar-refractivity contribution >= 4 is 11.8 Å². The summed E-state index contributed by atoms with van der Waals surface area (Å²) in [6.45, 7) is 4.46. The Bertz CT molecular complexity index is 460. The third kappa shape index (κ3) is 5.40. The minimum atomic E-state index is -0.732. The van der Waals surface area contributed by atoms with Crippen LogP contribution >= 0.6 is 0 Å². The van der Waals surface area contributed by atoms with E-state index in [1.165, 1.54) is 0 Å². The second-order valence-corrected chi connectivity index (χ2v) is 4.63. The van der Waals surface area contributed by atoms with E-state index >= 15 is 0 Å². The first-order valence-corrected chi connectivity index (χ1v) is 6.81. The van der Waals surface area contributed by atoms with Gasteiger partial charge in [-0.25, -0.2) is 0 Å². The molecule has 2 amide bonds. The van der Waals surface area contributed by atoms with Crippen LogP contribution in [0.4, 0.5) is 0 Å². The Morgan fingerprint density at radius 3 is 2.35 bits per heavy atom. The number of benzene rings is 1. The SMILES string of the molecule is CCNC(=O)CCC(=O)NCC(O)c1ccccc1C. The van der Waals surface area contributed by atoms with Gasteiger partial charge in [-0.3, -0.25) is 9.59 Å². The molecule has 0 radical (unpaired) electrons. The summed E-state index contributed by atoms with van der Waals surface area (Å²) in [7, 11) is 0. The van der Waals surface area contributed by atoms with Crippen molar-refractivity contribution in [1.82, 2.24) is 10.6 Å². The number of carbonyl (C=O) groups is 2. The predicted molar refractivity (Wildman–Crippen MR) is 77.1 cm³/mol. The lowest BCUT2D eigenvalue weighted by Gasteiger charge is -2.14. The van der Waals surface area contributed by atoms with Crippen molar-refractivity contribution < 1.29 is 14.7 Å². The van der Waals surface area contributed by atoms with Gasteiger partial charge in [0.1, 0.15) is 0 Å². The Morgan fingerprint density at radius 1 is 1.15 bits per heavy atom. The molecule has 0 aliphatic heterocycles. The summed E-state index contributed by atoms with van der Waals surface area (Å²) >= 11 is 0. The fraction of sp³-hybridized carbons (Fsp3) is 0.467. The smallest absolute Gasteiger partial charge is 0.220 e. The van der Waals surface area contributed by atoms with Crippen LogP contribution in [0.3, 0.4) is 0 Å². The topological polar surface area (TPSA) is 78.4 Å². The summed E-state index contributed by atoms with van der Waals surface area (Å²) < 4.78 is 0. The van der Waals surface area contributed by atoms with E-state index in [2.05, 4.69) is 10.6 Å². The number of nitrogens with one attached hydrogen (secondary N) is 2. The third-order valence-electron chi connectivity index (χ3n) is 2.99. The van der Waals surface area contributed by atoms with Gasteiger partial charge in [0, 0.05) is 25.9 Å². The van der Waals surface area contributed by atoms with E-state index in [0.29, 0.717) is 6.54 Å². The fourth-order valence-electron chi connectivity index (χ4n) is 1.88. The van der Waals surface area contributed by atoms with Gasteiger partial charge in [0.05, 0.1) is 6.10 Å². The van der Waals surface area contributed by atoms with Crippen molar-refractivity contribution in [2.24, 2.45) is 0 Å². The van der Waals surface area contributed by atoms with Crippen molar-refractivity contribution in [3.8, 4) is 0 Å². The Labute approximate surface area is 119 Å². The molecule has 0 fully saturated rings. The van der Waals surface area contributed by atoms with E-state index in [0.717, 1.165) is 11.1 Å². The van der Waals surface area contributed by atoms with E-state index in [-0.39, 0.29) is 31.2 Å². The van der Waals surface area contributed by atoms with Crippen molar-refractivity contribution in [3.05, 3.63) is 35.4 Å². The maximum absolute atomic E-state index is 11.6. The zero-order valence-corrected chi connectivity index (χ0v) is 12.0. The number of aliphatic hydroxyl groups is 1. The second-order valence-electron chi connectivity index (χ2n) is 4.63. The molecule has 20 heavy (non-hydrogen) atoms. The predicted octanol–water partition coefficient (Wildman–Crippen LogP) is 1.06. The van der Waals surface area contributed by atoms with E-state index < -0.39 is 6.10 Å². The maximum atomic E-state index is 11.6. The highest BCUT2D eigenvalue weighted by atomic mass is 16.3. The first kappa shape index (κ1) is 16.2. The molecule has 5 heteroatoms. The van der Waals surface area contributed by atoms with Crippen LogP contribution in [0.25, 0.3) is 0 Å². The molecule has 1 aromatic carbocycles. The molecule has 1 aromatic rings. The van der Waals surface area contributed by atoms with Crippen molar-refractivity contribution in [3.63, 3.8) is 0 Å². The maximum Gasteiger partial charge on any atom is 0.220 e. The molecular formula is C15H22N2O3. The minimum Gasteiger partial charge on any atom is -0.387 e. The van der Waals surface area contributed by atoms with Crippen LogP contribution in [0, 0.1) is 6.92 Å². The van der Waals surface area contributed by atoms with Gasteiger partial charge in [-0.05, 0) is 25.0 Å². The van der Waals surface area contributed by atoms with Crippen molar-refractivity contribution in [2.45, 2.75) is 32.8 Å². The van der Waals surface area contributed by atoms with Crippen LogP contribution in [0.2, 0.25) is 0 Å². The largest absolute Gasteiger partial charge is 0.387 e. The molecule has 0 spiro atoms. The van der Waals surface area contributed by atoms with Crippen molar-refractivity contribution in [1.29, 1.82) is 0 Å². The van der Waals surface area contributed by atoms with E-state index in [1.54, 1.807) is 0 Å². The molecule has 0 bridgehead atoms. The monoisotopic (exact) mass is 278 g/mol. The molecule has 0 aliphatic rings. The van der Waals surface area contributed by atoms with Gasteiger partial charge in [-0.1, -0.05) is 24.3 Å². The first-order chi connectivity index (χ1) is 9.54. The highest BCUT2D eigenvalue weighted by Crippen LogP contribution is 2.16. The molecule has 5 nitrogen and oxygen atoms in total. The lowest BCUT2D eigenvalue weighted by Crippen LogP contribution is -2.30. The van der Waals surface area contributed by atoms with Gasteiger partial charge in [-0.15, -0.1) is 0 Å². The van der Waals surface area contributed by atoms with Crippen LogP contribution in [0.5, 0.6) is 0 Å². The molecule has 0 saturated carbocycles. The number of hydrogen-bond donors (Lipinski definition) is 3.